The molecule has 0 unspecified atom stereocenters. The number of ether oxygens (including phenoxy) is 1. The lowest BCUT2D eigenvalue weighted by atomic mass is 10.1. The highest BCUT2D eigenvalue weighted by Gasteiger charge is 2.08. The minimum Gasteiger partial charge on any atom is -0.507 e. The number of phenolic OH excluding ortho intramolecular Hbond substituents is 2. The molecule has 10 heteroatoms. The standard InChI is InChI=1S/C27H27N7O3/c1-17-8-6-10-19(25(17)35)15-28-33-24-14-23(30-21-12-4-5-13-22(21)37-3)31-27(32-24)34-29-16-20-11-7-9-18(2)26(20)36/h4-16,35-36H,1-3H3,(H3,30,31,32,33,34). The van der Waals surface area contributed by atoms with Gasteiger partial charge in [0.05, 0.1) is 25.2 Å². The molecule has 0 aliphatic carbocycles. The number of aromatic hydroxyl groups is 2. The van der Waals surface area contributed by atoms with Crippen molar-refractivity contribution in [1.29, 1.82) is 0 Å². The Bertz CT molecular complexity index is 1370. The van der Waals surface area contributed by atoms with E-state index < -0.39 is 0 Å². The number of anilines is 4. The van der Waals surface area contributed by atoms with Crippen LogP contribution in [0.4, 0.5) is 23.3 Å². The fourth-order valence-corrected chi connectivity index (χ4v) is 3.40. The Balaban J connectivity index is 1.60. The minimum atomic E-state index is 0.150. The quantitative estimate of drug-likeness (QED) is 0.158. The Hall–Kier alpha value is -5.12. The van der Waals surface area contributed by atoms with Crippen molar-refractivity contribution in [3.05, 3.63) is 89.0 Å². The molecule has 0 aliphatic rings. The summed E-state index contributed by atoms with van der Waals surface area (Å²) in [7, 11) is 1.59. The fraction of sp³-hybridized carbons (Fsp3) is 0.111. The first kappa shape index (κ1) is 25.0. The van der Waals surface area contributed by atoms with Gasteiger partial charge in [-0.05, 0) is 49.2 Å². The molecular weight excluding hydrogens is 470 g/mol. The third-order valence-corrected chi connectivity index (χ3v) is 5.38. The van der Waals surface area contributed by atoms with Crippen LogP contribution in [0.25, 0.3) is 0 Å². The maximum atomic E-state index is 10.2. The third-order valence-electron chi connectivity index (χ3n) is 5.38. The van der Waals surface area contributed by atoms with Gasteiger partial charge in [-0.1, -0.05) is 36.4 Å². The van der Waals surface area contributed by atoms with Crippen molar-refractivity contribution in [2.24, 2.45) is 10.2 Å². The lowest BCUT2D eigenvalue weighted by Crippen LogP contribution is -2.04. The number of hydrogen-bond donors (Lipinski definition) is 5. The first-order chi connectivity index (χ1) is 17.9. The monoisotopic (exact) mass is 497 g/mol. The van der Waals surface area contributed by atoms with Gasteiger partial charge >= 0.3 is 0 Å². The molecule has 37 heavy (non-hydrogen) atoms. The van der Waals surface area contributed by atoms with E-state index in [9.17, 15) is 10.2 Å². The van der Waals surface area contributed by atoms with Crippen LogP contribution in [0, 0.1) is 13.8 Å². The Labute approximate surface area is 214 Å². The molecule has 5 N–H and O–H groups in total. The molecule has 0 saturated heterocycles. The molecule has 10 nitrogen and oxygen atoms in total. The molecule has 0 spiro atoms. The summed E-state index contributed by atoms with van der Waals surface area (Å²) in [6, 6.07) is 19.9. The second-order valence-corrected chi connectivity index (χ2v) is 8.05. The van der Waals surface area contributed by atoms with Crippen molar-refractivity contribution in [1.82, 2.24) is 9.97 Å². The number of aromatic nitrogens is 2. The molecule has 0 radical (unpaired) electrons. The van der Waals surface area contributed by atoms with Gasteiger partial charge in [-0.2, -0.15) is 20.2 Å². The molecule has 0 amide bonds. The lowest BCUT2D eigenvalue weighted by Gasteiger charge is -2.12. The van der Waals surface area contributed by atoms with E-state index in [0.717, 1.165) is 11.1 Å². The zero-order chi connectivity index (χ0) is 26.2. The summed E-state index contributed by atoms with van der Waals surface area (Å²) in [4.78, 5) is 8.87. The van der Waals surface area contributed by atoms with Crippen LogP contribution in [0.15, 0.2) is 76.9 Å². The molecule has 0 aliphatic heterocycles. The van der Waals surface area contributed by atoms with Crippen LogP contribution < -0.4 is 20.9 Å². The number of aryl methyl sites for hydroxylation is 2. The van der Waals surface area contributed by atoms with Crippen molar-refractivity contribution in [3.63, 3.8) is 0 Å². The number of rotatable bonds is 9. The van der Waals surface area contributed by atoms with Crippen LogP contribution in [0.2, 0.25) is 0 Å². The van der Waals surface area contributed by atoms with Crippen molar-refractivity contribution in [2.45, 2.75) is 13.8 Å². The lowest BCUT2D eigenvalue weighted by molar-refractivity contribution is 0.417. The zero-order valence-corrected chi connectivity index (χ0v) is 20.6. The SMILES string of the molecule is COc1ccccc1Nc1cc(NN=Cc2cccc(C)c2O)nc(NN=Cc2cccc(C)c2O)n1. The van der Waals surface area contributed by atoms with E-state index in [1.165, 1.54) is 12.4 Å². The number of methoxy groups -OCH3 is 1. The molecule has 0 atom stereocenters. The fourth-order valence-electron chi connectivity index (χ4n) is 3.40. The molecule has 1 heterocycles. The summed E-state index contributed by atoms with van der Waals surface area (Å²) in [6.07, 6.45) is 2.99. The topological polar surface area (TPSA) is 136 Å². The van der Waals surface area contributed by atoms with E-state index in [2.05, 4.69) is 36.3 Å². The Kier molecular flexibility index (Phi) is 7.79. The summed E-state index contributed by atoms with van der Waals surface area (Å²) in [6.45, 7) is 3.63. The van der Waals surface area contributed by atoms with Crippen molar-refractivity contribution in [3.8, 4) is 17.2 Å². The van der Waals surface area contributed by atoms with Gasteiger partial charge in [-0.25, -0.2) is 5.43 Å². The molecule has 4 aromatic rings. The van der Waals surface area contributed by atoms with E-state index in [-0.39, 0.29) is 17.4 Å². The van der Waals surface area contributed by atoms with Gasteiger partial charge in [0, 0.05) is 17.2 Å². The normalized spacial score (nSPS) is 11.1. The minimum absolute atomic E-state index is 0.150. The number of nitrogens with one attached hydrogen (secondary N) is 3. The predicted octanol–water partition coefficient (Wildman–Crippen LogP) is 5.15. The second-order valence-electron chi connectivity index (χ2n) is 8.05. The molecule has 188 valence electrons. The highest BCUT2D eigenvalue weighted by atomic mass is 16.5. The Morgan fingerprint density at radius 1 is 0.757 bits per heavy atom. The molecule has 4 rings (SSSR count). The number of hydrogen-bond acceptors (Lipinski definition) is 10. The van der Waals surface area contributed by atoms with Crippen LogP contribution >= 0.6 is 0 Å². The summed E-state index contributed by atoms with van der Waals surface area (Å²) in [5.74, 6) is 1.95. The number of nitrogens with zero attached hydrogens (tertiary/aromatic N) is 4. The van der Waals surface area contributed by atoms with Gasteiger partial charge < -0.3 is 20.3 Å². The van der Waals surface area contributed by atoms with Crippen LogP contribution in [-0.2, 0) is 0 Å². The van der Waals surface area contributed by atoms with Gasteiger partial charge in [0.1, 0.15) is 23.1 Å². The van der Waals surface area contributed by atoms with Gasteiger partial charge in [-0.15, -0.1) is 0 Å². The first-order valence-electron chi connectivity index (χ1n) is 11.4. The molecule has 0 saturated carbocycles. The number of phenols is 2. The molecule has 0 bridgehead atoms. The molecule has 1 aromatic heterocycles. The largest absolute Gasteiger partial charge is 0.507 e. The van der Waals surface area contributed by atoms with Crippen LogP contribution in [0.3, 0.4) is 0 Å². The van der Waals surface area contributed by atoms with Crippen molar-refractivity contribution < 1.29 is 14.9 Å². The number of benzene rings is 3. The summed E-state index contributed by atoms with van der Waals surface area (Å²) in [5.41, 5.74) is 8.97. The van der Waals surface area contributed by atoms with E-state index in [1.807, 2.05) is 62.4 Å². The Morgan fingerprint density at radius 3 is 2.00 bits per heavy atom. The van der Waals surface area contributed by atoms with E-state index in [1.54, 1.807) is 25.3 Å². The average molecular weight is 498 g/mol. The highest BCUT2D eigenvalue weighted by molar-refractivity contribution is 5.85. The van der Waals surface area contributed by atoms with Crippen molar-refractivity contribution >= 4 is 35.7 Å². The molecular formula is C27H27N7O3. The second kappa shape index (κ2) is 11.5. The summed E-state index contributed by atoms with van der Waals surface area (Å²) >= 11 is 0. The van der Waals surface area contributed by atoms with Gasteiger partial charge in [0.25, 0.3) is 0 Å². The van der Waals surface area contributed by atoms with E-state index in [0.29, 0.717) is 34.2 Å². The zero-order valence-electron chi connectivity index (χ0n) is 20.6. The maximum Gasteiger partial charge on any atom is 0.247 e. The highest BCUT2D eigenvalue weighted by Crippen LogP contribution is 2.28. The number of hydrazone groups is 2. The van der Waals surface area contributed by atoms with Crippen LogP contribution in [-0.4, -0.2) is 39.7 Å². The van der Waals surface area contributed by atoms with Gasteiger partial charge in [-0.3, -0.25) is 5.43 Å². The van der Waals surface area contributed by atoms with Crippen LogP contribution in [0.5, 0.6) is 17.2 Å². The van der Waals surface area contributed by atoms with Gasteiger partial charge in [0.2, 0.25) is 5.95 Å². The van der Waals surface area contributed by atoms with Crippen molar-refractivity contribution in [2.75, 3.05) is 23.3 Å². The summed E-state index contributed by atoms with van der Waals surface area (Å²) in [5, 5.41) is 32.0. The van der Waals surface area contributed by atoms with E-state index in [4.69, 9.17) is 4.74 Å². The molecule has 0 fully saturated rings. The van der Waals surface area contributed by atoms with Gasteiger partial charge in [0.15, 0.2) is 5.82 Å². The Morgan fingerprint density at radius 2 is 1.35 bits per heavy atom. The first-order valence-corrected chi connectivity index (χ1v) is 11.4. The maximum absolute atomic E-state index is 10.2. The third kappa shape index (κ3) is 6.31. The molecule has 3 aromatic carbocycles. The van der Waals surface area contributed by atoms with E-state index >= 15 is 0 Å². The van der Waals surface area contributed by atoms with Crippen LogP contribution in [0.1, 0.15) is 22.3 Å². The predicted molar refractivity (Wildman–Crippen MR) is 146 cm³/mol. The number of para-hydroxylation sites is 4. The summed E-state index contributed by atoms with van der Waals surface area (Å²) < 4.78 is 5.42. The smallest absolute Gasteiger partial charge is 0.247 e. The average Bonchev–Trinajstić information content (AvgIpc) is 2.89.